The zero-order chi connectivity index (χ0) is 9.97. The summed E-state index contributed by atoms with van der Waals surface area (Å²) in [5.41, 5.74) is 2.01. The van der Waals surface area contributed by atoms with Crippen LogP contribution in [0.15, 0.2) is 33.9 Å². The van der Waals surface area contributed by atoms with Gasteiger partial charge in [-0.3, -0.25) is 0 Å². The first kappa shape index (κ1) is 9.68. The molecule has 3 nitrogen and oxygen atoms in total. The molecule has 1 aliphatic heterocycles. The molecule has 1 heterocycles. The lowest BCUT2D eigenvalue weighted by Gasteiger charge is -2.03. The molecule has 0 saturated carbocycles. The van der Waals surface area contributed by atoms with Gasteiger partial charge in [-0.1, -0.05) is 33.2 Å². The van der Waals surface area contributed by atoms with Gasteiger partial charge in [-0.2, -0.15) is 0 Å². The van der Waals surface area contributed by atoms with Crippen molar-refractivity contribution in [3.63, 3.8) is 0 Å². The Labute approximate surface area is 90.8 Å². The van der Waals surface area contributed by atoms with Crippen LogP contribution in [0.1, 0.15) is 12.0 Å². The zero-order valence-electron chi connectivity index (χ0n) is 7.74. The third-order valence-electron chi connectivity index (χ3n) is 2.08. The standard InChI is InChI=1S/C10H10BrNO2/c1-13-10-6-9(12-14-10)7-2-4-8(11)5-3-7/h2-5,10H,6H2,1H3/t10-/m0/s1. The first-order valence-electron chi connectivity index (χ1n) is 4.31. The molecule has 0 radical (unpaired) electrons. The van der Waals surface area contributed by atoms with Crippen LogP contribution in [0.2, 0.25) is 0 Å². The molecule has 74 valence electrons. The lowest BCUT2D eigenvalue weighted by Crippen LogP contribution is -2.09. The summed E-state index contributed by atoms with van der Waals surface area (Å²) in [7, 11) is 1.62. The van der Waals surface area contributed by atoms with Crippen LogP contribution in [-0.4, -0.2) is 19.1 Å². The molecule has 0 fully saturated rings. The maximum absolute atomic E-state index is 5.05. The molecule has 0 bridgehead atoms. The van der Waals surface area contributed by atoms with E-state index < -0.39 is 0 Å². The van der Waals surface area contributed by atoms with E-state index in [1.165, 1.54) is 0 Å². The number of hydrogen-bond donors (Lipinski definition) is 0. The summed E-state index contributed by atoms with van der Waals surface area (Å²) in [6.45, 7) is 0. The van der Waals surface area contributed by atoms with Crippen LogP contribution in [0.5, 0.6) is 0 Å². The van der Waals surface area contributed by atoms with Crippen molar-refractivity contribution in [1.82, 2.24) is 0 Å². The van der Waals surface area contributed by atoms with Gasteiger partial charge in [0.1, 0.15) is 0 Å². The maximum Gasteiger partial charge on any atom is 0.232 e. The highest BCUT2D eigenvalue weighted by molar-refractivity contribution is 9.10. The predicted octanol–water partition coefficient (Wildman–Crippen LogP) is 2.55. The molecule has 0 aromatic heterocycles. The fourth-order valence-electron chi connectivity index (χ4n) is 1.29. The van der Waals surface area contributed by atoms with Crippen LogP contribution >= 0.6 is 15.9 Å². The minimum atomic E-state index is -0.228. The monoisotopic (exact) mass is 255 g/mol. The molecule has 0 spiro atoms. The highest BCUT2D eigenvalue weighted by Crippen LogP contribution is 2.18. The van der Waals surface area contributed by atoms with Gasteiger partial charge in [0, 0.05) is 11.6 Å². The number of oxime groups is 1. The molecule has 1 aromatic rings. The summed E-state index contributed by atoms with van der Waals surface area (Å²) in [5, 5.41) is 3.96. The second-order valence-electron chi connectivity index (χ2n) is 3.02. The number of methoxy groups -OCH3 is 1. The summed E-state index contributed by atoms with van der Waals surface area (Å²) >= 11 is 3.38. The topological polar surface area (TPSA) is 30.8 Å². The summed E-state index contributed by atoms with van der Waals surface area (Å²) in [4.78, 5) is 5.05. The van der Waals surface area contributed by atoms with Crippen molar-refractivity contribution in [2.75, 3.05) is 7.11 Å². The summed E-state index contributed by atoms with van der Waals surface area (Å²) in [5.74, 6) is 0. The SMILES string of the molecule is CO[C@@H]1CC(c2ccc(Br)cc2)=NO1. The van der Waals surface area contributed by atoms with E-state index in [1.807, 2.05) is 24.3 Å². The van der Waals surface area contributed by atoms with E-state index in [2.05, 4.69) is 21.1 Å². The van der Waals surface area contributed by atoms with Crippen molar-refractivity contribution in [1.29, 1.82) is 0 Å². The van der Waals surface area contributed by atoms with E-state index in [0.717, 1.165) is 15.7 Å². The molecule has 0 saturated heterocycles. The van der Waals surface area contributed by atoms with Gasteiger partial charge in [0.2, 0.25) is 6.29 Å². The van der Waals surface area contributed by atoms with Gasteiger partial charge in [0.05, 0.1) is 12.1 Å². The molecular weight excluding hydrogens is 246 g/mol. The number of hydrogen-bond acceptors (Lipinski definition) is 3. The Hall–Kier alpha value is -0.870. The molecule has 4 heteroatoms. The second kappa shape index (κ2) is 4.11. The van der Waals surface area contributed by atoms with Gasteiger partial charge in [-0.25, -0.2) is 0 Å². The van der Waals surface area contributed by atoms with E-state index in [9.17, 15) is 0 Å². The molecule has 14 heavy (non-hydrogen) atoms. The van der Waals surface area contributed by atoms with Crippen molar-refractivity contribution in [2.45, 2.75) is 12.7 Å². The lowest BCUT2D eigenvalue weighted by molar-refractivity contribution is -0.103. The van der Waals surface area contributed by atoms with E-state index >= 15 is 0 Å². The number of ether oxygens (including phenoxy) is 1. The quantitative estimate of drug-likeness (QED) is 0.814. The fourth-order valence-corrected chi connectivity index (χ4v) is 1.56. The number of rotatable bonds is 2. The van der Waals surface area contributed by atoms with Crippen LogP contribution in [0.25, 0.3) is 0 Å². The second-order valence-corrected chi connectivity index (χ2v) is 3.94. The van der Waals surface area contributed by atoms with Crippen molar-refractivity contribution in [3.05, 3.63) is 34.3 Å². The summed E-state index contributed by atoms with van der Waals surface area (Å²) < 4.78 is 6.10. The van der Waals surface area contributed by atoms with E-state index in [-0.39, 0.29) is 6.29 Å². The number of nitrogens with zero attached hydrogens (tertiary/aromatic N) is 1. The Balaban J connectivity index is 2.13. The first-order chi connectivity index (χ1) is 6.79. The summed E-state index contributed by atoms with van der Waals surface area (Å²) in [6.07, 6.45) is 0.478. The minimum Gasteiger partial charge on any atom is -0.363 e. The maximum atomic E-state index is 5.05. The van der Waals surface area contributed by atoms with Gasteiger partial charge >= 0.3 is 0 Å². The van der Waals surface area contributed by atoms with Gasteiger partial charge in [0.25, 0.3) is 0 Å². The third-order valence-corrected chi connectivity index (χ3v) is 2.61. The van der Waals surface area contributed by atoms with Crippen LogP contribution in [0.3, 0.4) is 0 Å². The van der Waals surface area contributed by atoms with Crippen molar-refractivity contribution >= 4 is 21.6 Å². The number of halogens is 1. The van der Waals surface area contributed by atoms with Crippen LogP contribution < -0.4 is 0 Å². The van der Waals surface area contributed by atoms with Gasteiger partial charge in [-0.15, -0.1) is 0 Å². The minimum absolute atomic E-state index is 0.228. The zero-order valence-corrected chi connectivity index (χ0v) is 9.32. The van der Waals surface area contributed by atoms with Crippen LogP contribution in [-0.2, 0) is 9.57 Å². The van der Waals surface area contributed by atoms with Gasteiger partial charge in [0.15, 0.2) is 0 Å². The average molecular weight is 256 g/mol. The smallest absolute Gasteiger partial charge is 0.232 e. The average Bonchev–Trinajstić information content (AvgIpc) is 2.67. The van der Waals surface area contributed by atoms with Gasteiger partial charge in [-0.05, 0) is 17.7 Å². The molecule has 0 amide bonds. The van der Waals surface area contributed by atoms with E-state index in [1.54, 1.807) is 7.11 Å². The molecular formula is C10H10BrNO2. The van der Waals surface area contributed by atoms with E-state index in [4.69, 9.17) is 9.57 Å². The Morgan fingerprint density at radius 2 is 2.14 bits per heavy atom. The Morgan fingerprint density at radius 3 is 2.71 bits per heavy atom. The Kier molecular flexibility index (Phi) is 2.84. The normalized spacial score (nSPS) is 20.4. The Bertz CT molecular complexity index is 348. The largest absolute Gasteiger partial charge is 0.363 e. The molecule has 1 aliphatic rings. The van der Waals surface area contributed by atoms with E-state index in [0.29, 0.717) is 6.42 Å². The molecule has 0 aliphatic carbocycles. The van der Waals surface area contributed by atoms with Gasteiger partial charge < -0.3 is 9.57 Å². The summed E-state index contributed by atoms with van der Waals surface area (Å²) in [6, 6.07) is 7.98. The highest BCUT2D eigenvalue weighted by Gasteiger charge is 2.20. The molecule has 0 N–H and O–H groups in total. The third kappa shape index (κ3) is 1.96. The fraction of sp³-hybridized carbons (Fsp3) is 0.300. The Morgan fingerprint density at radius 1 is 1.43 bits per heavy atom. The highest BCUT2D eigenvalue weighted by atomic mass is 79.9. The first-order valence-corrected chi connectivity index (χ1v) is 5.10. The van der Waals surface area contributed by atoms with Crippen molar-refractivity contribution < 1.29 is 9.57 Å². The van der Waals surface area contributed by atoms with Crippen molar-refractivity contribution in [2.24, 2.45) is 5.16 Å². The predicted molar refractivity (Wildman–Crippen MR) is 57.2 cm³/mol. The molecule has 2 rings (SSSR count). The molecule has 0 unspecified atom stereocenters. The number of benzene rings is 1. The van der Waals surface area contributed by atoms with Crippen molar-refractivity contribution in [3.8, 4) is 0 Å². The molecule has 1 atom stereocenters. The molecule has 1 aromatic carbocycles. The van der Waals surface area contributed by atoms with Crippen LogP contribution in [0.4, 0.5) is 0 Å². The lowest BCUT2D eigenvalue weighted by atomic mass is 10.1. The van der Waals surface area contributed by atoms with Crippen LogP contribution in [0, 0.1) is 0 Å².